The van der Waals surface area contributed by atoms with E-state index in [2.05, 4.69) is 15.0 Å². The second kappa shape index (κ2) is 6.25. The number of amides is 1. The van der Waals surface area contributed by atoms with Crippen LogP contribution in [-0.2, 0) is 10.0 Å². The highest BCUT2D eigenvalue weighted by molar-refractivity contribution is 7.92. The second-order valence-corrected chi connectivity index (χ2v) is 8.22. The van der Waals surface area contributed by atoms with E-state index in [1.54, 1.807) is 55.0 Å². The Hall–Kier alpha value is -2.39. The Labute approximate surface area is 143 Å². The summed E-state index contributed by atoms with van der Waals surface area (Å²) in [6.45, 7) is 3.35. The van der Waals surface area contributed by atoms with Crippen LogP contribution in [0.2, 0.25) is 0 Å². The van der Waals surface area contributed by atoms with E-state index in [0.717, 1.165) is 10.5 Å². The smallest absolute Gasteiger partial charge is 0.267 e. The van der Waals surface area contributed by atoms with Gasteiger partial charge in [-0.3, -0.25) is 13.9 Å². The maximum atomic E-state index is 12.3. The number of benzene rings is 1. The molecular formula is C15H16N4O3S2. The van der Waals surface area contributed by atoms with Gasteiger partial charge in [0.25, 0.3) is 5.91 Å². The Bertz CT molecular complexity index is 976. The molecule has 2 N–H and O–H groups in total. The summed E-state index contributed by atoms with van der Waals surface area (Å²) in [6.07, 6.45) is 5.17. The van der Waals surface area contributed by atoms with Gasteiger partial charge < -0.3 is 5.32 Å². The molecule has 0 aliphatic rings. The molecule has 0 saturated carbocycles. The van der Waals surface area contributed by atoms with E-state index in [4.69, 9.17) is 0 Å². The number of rotatable bonds is 5. The first-order valence-corrected chi connectivity index (χ1v) is 9.70. The lowest BCUT2D eigenvalue weighted by molar-refractivity contribution is 0.103. The van der Waals surface area contributed by atoms with E-state index in [9.17, 15) is 13.2 Å². The van der Waals surface area contributed by atoms with E-state index >= 15 is 0 Å². The average molecular weight is 364 g/mol. The molecule has 0 spiro atoms. The van der Waals surface area contributed by atoms with Gasteiger partial charge in [0.15, 0.2) is 4.96 Å². The minimum Gasteiger partial charge on any atom is -0.321 e. The lowest BCUT2D eigenvalue weighted by Gasteiger charge is -2.11. The molecular weight excluding hydrogens is 348 g/mol. The summed E-state index contributed by atoms with van der Waals surface area (Å²) in [5.41, 5.74) is 1.83. The highest BCUT2D eigenvalue weighted by Crippen LogP contribution is 2.23. The van der Waals surface area contributed by atoms with E-state index in [1.807, 2.05) is 0 Å². The molecule has 2 heterocycles. The van der Waals surface area contributed by atoms with E-state index in [0.29, 0.717) is 16.3 Å². The van der Waals surface area contributed by atoms with Crippen molar-refractivity contribution in [3.63, 3.8) is 0 Å². The van der Waals surface area contributed by atoms with Crippen LogP contribution in [-0.4, -0.2) is 29.5 Å². The summed E-state index contributed by atoms with van der Waals surface area (Å²) >= 11 is 1.30. The van der Waals surface area contributed by atoms with Crippen molar-refractivity contribution in [2.75, 3.05) is 15.8 Å². The number of carbonyl (C=O) groups excluding carboxylic acids is 1. The highest BCUT2D eigenvalue weighted by atomic mass is 32.2. The molecule has 0 aliphatic heterocycles. The third-order valence-corrected chi connectivity index (χ3v) is 5.74. The average Bonchev–Trinajstić information content (AvgIpc) is 3.11. The number of imidazole rings is 1. The fourth-order valence-electron chi connectivity index (χ4n) is 2.12. The fourth-order valence-corrected chi connectivity index (χ4v) is 3.67. The lowest BCUT2D eigenvalue weighted by atomic mass is 10.2. The maximum Gasteiger partial charge on any atom is 0.267 e. The number of sulfonamides is 1. The zero-order chi connectivity index (χ0) is 17.3. The molecule has 0 saturated heterocycles. The fraction of sp³-hybridized carbons (Fsp3) is 0.200. The standard InChI is InChI=1S/C15H16N4O3S2/c1-3-24(21,22)18-12-5-4-11(8-10(12)2)17-14(20)13-9-19-7-6-16-15(19)23-13/h4-9,18H,3H2,1-2H3,(H,17,20). The number of fused-ring (bicyclic) bond motifs is 1. The molecule has 0 bridgehead atoms. The zero-order valence-electron chi connectivity index (χ0n) is 13.1. The predicted octanol–water partition coefficient (Wildman–Crippen LogP) is 2.72. The Balaban J connectivity index is 1.76. The van der Waals surface area contributed by atoms with Crippen LogP contribution in [0.3, 0.4) is 0 Å². The van der Waals surface area contributed by atoms with Crippen molar-refractivity contribution in [1.82, 2.24) is 9.38 Å². The van der Waals surface area contributed by atoms with Crippen molar-refractivity contribution in [1.29, 1.82) is 0 Å². The normalized spacial score (nSPS) is 11.6. The summed E-state index contributed by atoms with van der Waals surface area (Å²) in [5.74, 6) is -0.225. The van der Waals surface area contributed by atoms with Gasteiger partial charge in [0.1, 0.15) is 4.88 Å². The number of hydrogen-bond donors (Lipinski definition) is 2. The van der Waals surface area contributed by atoms with Crippen LogP contribution in [0, 0.1) is 6.92 Å². The molecule has 126 valence electrons. The summed E-state index contributed by atoms with van der Waals surface area (Å²) < 4.78 is 27.6. The third-order valence-electron chi connectivity index (χ3n) is 3.44. The monoisotopic (exact) mass is 364 g/mol. The molecule has 0 aliphatic carbocycles. The zero-order valence-corrected chi connectivity index (χ0v) is 14.7. The summed E-state index contributed by atoms with van der Waals surface area (Å²) in [7, 11) is -3.33. The SMILES string of the molecule is CCS(=O)(=O)Nc1ccc(NC(=O)c2cn3ccnc3s2)cc1C. The van der Waals surface area contributed by atoms with Crippen molar-refractivity contribution in [2.24, 2.45) is 0 Å². The molecule has 3 rings (SSSR count). The molecule has 1 amide bonds. The van der Waals surface area contributed by atoms with Gasteiger partial charge in [0, 0.05) is 24.3 Å². The molecule has 2 aromatic heterocycles. The number of aryl methyl sites for hydroxylation is 1. The Kier molecular flexibility index (Phi) is 4.29. The number of anilines is 2. The van der Waals surface area contributed by atoms with E-state index in [-0.39, 0.29) is 11.7 Å². The minimum absolute atomic E-state index is 0.00510. The van der Waals surface area contributed by atoms with E-state index < -0.39 is 10.0 Å². The molecule has 0 unspecified atom stereocenters. The van der Waals surface area contributed by atoms with Crippen molar-refractivity contribution in [3.8, 4) is 0 Å². The number of hydrogen-bond acceptors (Lipinski definition) is 5. The van der Waals surface area contributed by atoms with Crippen molar-refractivity contribution in [2.45, 2.75) is 13.8 Å². The molecule has 24 heavy (non-hydrogen) atoms. The van der Waals surface area contributed by atoms with Crippen LogP contribution in [0.4, 0.5) is 11.4 Å². The van der Waals surface area contributed by atoms with Gasteiger partial charge in [-0.1, -0.05) is 11.3 Å². The summed E-state index contributed by atoms with van der Waals surface area (Å²) in [4.78, 5) is 17.7. The molecule has 9 heteroatoms. The van der Waals surface area contributed by atoms with Crippen LogP contribution in [0.15, 0.2) is 36.8 Å². The number of nitrogens with one attached hydrogen (secondary N) is 2. The van der Waals surface area contributed by atoms with Crippen LogP contribution in [0.5, 0.6) is 0 Å². The van der Waals surface area contributed by atoms with Crippen LogP contribution in [0.25, 0.3) is 4.96 Å². The van der Waals surface area contributed by atoms with Crippen molar-refractivity contribution in [3.05, 3.63) is 47.2 Å². The van der Waals surface area contributed by atoms with Gasteiger partial charge in [-0.15, -0.1) is 0 Å². The van der Waals surface area contributed by atoms with Crippen LogP contribution >= 0.6 is 11.3 Å². The van der Waals surface area contributed by atoms with Gasteiger partial charge in [-0.25, -0.2) is 13.4 Å². The predicted molar refractivity (Wildman–Crippen MR) is 95.3 cm³/mol. The molecule has 0 radical (unpaired) electrons. The molecule has 1 aromatic carbocycles. The van der Waals surface area contributed by atoms with E-state index in [1.165, 1.54) is 11.3 Å². The molecule has 0 fully saturated rings. The molecule has 7 nitrogen and oxygen atoms in total. The summed E-state index contributed by atoms with van der Waals surface area (Å²) in [5, 5.41) is 2.81. The van der Waals surface area contributed by atoms with Crippen LogP contribution in [0.1, 0.15) is 22.2 Å². The molecule has 0 atom stereocenters. The van der Waals surface area contributed by atoms with Gasteiger partial charge in [-0.05, 0) is 37.6 Å². The topological polar surface area (TPSA) is 92.6 Å². The first-order valence-electron chi connectivity index (χ1n) is 7.23. The Morgan fingerprint density at radius 2 is 2.17 bits per heavy atom. The number of thiazole rings is 1. The number of aromatic nitrogens is 2. The Morgan fingerprint density at radius 3 is 2.83 bits per heavy atom. The van der Waals surface area contributed by atoms with Gasteiger partial charge >= 0.3 is 0 Å². The third kappa shape index (κ3) is 3.41. The quantitative estimate of drug-likeness (QED) is 0.728. The first kappa shape index (κ1) is 16.5. The lowest BCUT2D eigenvalue weighted by Crippen LogP contribution is -2.15. The second-order valence-electron chi connectivity index (χ2n) is 5.20. The first-order chi connectivity index (χ1) is 11.4. The maximum absolute atomic E-state index is 12.3. The Morgan fingerprint density at radius 1 is 1.38 bits per heavy atom. The van der Waals surface area contributed by atoms with Gasteiger partial charge in [0.05, 0.1) is 11.4 Å². The summed E-state index contributed by atoms with van der Waals surface area (Å²) in [6, 6.07) is 5.03. The van der Waals surface area contributed by atoms with Crippen molar-refractivity contribution < 1.29 is 13.2 Å². The molecule has 3 aromatic rings. The number of nitrogens with zero attached hydrogens (tertiary/aromatic N) is 2. The largest absolute Gasteiger partial charge is 0.321 e. The van der Waals surface area contributed by atoms with Crippen molar-refractivity contribution >= 4 is 43.6 Å². The van der Waals surface area contributed by atoms with Gasteiger partial charge in [0.2, 0.25) is 10.0 Å². The number of carbonyl (C=O) groups is 1. The van der Waals surface area contributed by atoms with Gasteiger partial charge in [-0.2, -0.15) is 0 Å². The highest BCUT2D eigenvalue weighted by Gasteiger charge is 2.13. The van der Waals surface area contributed by atoms with Crippen LogP contribution < -0.4 is 10.0 Å². The minimum atomic E-state index is -3.33.